The van der Waals surface area contributed by atoms with Crippen molar-refractivity contribution in [2.45, 2.75) is 20.1 Å². The second-order valence-electron chi connectivity index (χ2n) is 7.91. The first-order valence-corrected chi connectivity index (χ1v) is 11.4. The van der Waals surface area contributed by atoms with E-state index in [0.717, 1.165) is 54.1 Å². The topological polar surface area (TPSA) is 32.8 Å². The van der Waals surface area contributed by atoms with E-state index in [9.17, 15) is 4.79 Å². The molecule has 0 bridgehead atoms. The Hall–Kier alpha value is -2.63. The summed E-state index contributed by atoms with van der Waals surface area (Å²) >= 11 is 3.49. The zero-order valence-electron chi connectivity index (χ0n) is 17.8. The molecule has 4 rings (SSSR count). The van der Waals surface area contributed by atoms with Gasteiger partial charge in [-0.15, -0.1) is 0 Å². The van der Waals surface area contributed by atoms with Gasteiger partial charge < -0.3 is 9.64 Å². The summed E-state index contributed by atoms with van der Waals surface area (Å²) in [7, 11) is 0. The molecule has 0 N–H and O–H groups in total. The molecule has 1 aliphatic rings. The molecule has 0 aliphatic carbocycles. The fourth-order valence-corrected chi connectivity index (χ4v) is 4.19. The normalized spacial score (nSPS) is 14.5. The van der Waals surface area contributed by atoms with Gasteiger partial charge in [-0.1, -0.05) is 48.5 Å². The predicted octanol–water partition coefficient (Wildman–Crippen LogP) is 5.29. The predicted molar refractivity (Wildman–Crippen MR) is 127 cm³/mol. The zero-order valence-corrected chi connectivity index (χ0v) is 19.3. The smallest absolute Gasteiger partial charge is 0.253 e. The number of carbonyl (C=O) groups excluding carboxylic acids is 1. The van der Waals surface area contributed by atoms with E-state index in [1.807, 2.05) is 53.4 Å². The number of hydrogen-bond acceptors (Lipinski definition) is 3. The average Bonchev–Trinajstić information content (AvgIpc) is 2.80. The van der Waals surface area contributed by atoms with Crippen molar-refractivity contribution >= 4 is 21.8 Å². The van der Waals surface area contributed by atoms with Crippen molar-refractivity contribution in [3.05, 3.63) is 99.5 Å². The monoisotopic (exact) mass is 478 g/mol. The molecular weight excluding hydrogens is 452 g/mol. The standard InChI is InChI=1S/C26H27BrN2O2/c1-20-6-2-3-7-23(20)18-28-14-16-29(17-15-28)26(30)22-12-10-21(11-13-22)19-31-25-9-5-4-8-24(25)27/h2-13H,14-19H2,1H3. The van der Waals surface area contributed by atoms with Gasteiger partial charge >= 0.3 is 0 Å². The van der Waals surface area contributed by atoms with E-state index in [1.165, 1.54) is 11.1 Å². The van der Waals surface area contributed by atoms with Crippen LogP contribution in [0.4, 0.5) is 0 Å². The number of hydrogen-bond donors (Lipinski definition) is 0. The van der Waals surface area contributed by atoms with Crippen molar-refractivity contribution in [1.29, 1.82) is 0 Å². The van der Waals surface area contributed by atoms with Crippen LogP contribution in [0, 0.1) is 6.92 Å². The molecule has 1 amide bonds. The summed E-state index contributed by atoms with van der Waals surface area (Å²) in [6, 6.07) is 24.1. The summed E-state index contributed by atoms with van der Waals surface area (Å²) in [6.07, 6.45) is 0. The fourth-order valence-electron chi connectivity index (χ4n) is 3.79. The molecule has 5 heteroatoms. The highest BCUT2D eigenvalue weighted by Gasteiger charge is 2.22. The van der Waals surface area contributed by atoms with Crippen molar-refractivity contribution in [1.82, 2.24) is 9.80 Å². The highest BCUT2D eigenvalue weighted by atomic mass is 79.9. The summed E-state index contributed by atoms with van der Waals surface area (Å²) in [5.41, 5.74) is 4.46. The maximum atomic E-state index is 12.9. The average molecular weight is 479 g/mol. The minimum atomic E-state index is 0.105. The number of aryl methyl sites for hydroxylation is 1. The van der Waals surface area contributed by atoms with E-state index in [4.69, 9.17) is 4.74 Å². The third-order valence-corrected chi connectivity index (χ3v) is 6.40. The van der Waals surface area contributed by atoms with Crippen LogP contribution in [0.3, 0.4) is 0 Å². The Kier molecular flexibility index (Phi) is 7.05. The molecular formula is C26H27BrN2O2. The maximum absolute atomic E-state index is 12.9. The van der Waals surface area contributed by atoms with Crippen molar-refractivity contribution in [3.63, 3.8) is 0 Å². The highest BCUT2D eigenvalue weighted by molar-refractivity contribution is 9.10. The van der Waals surface area contributed by atoms with E-state index in [1.54, 1.807) is 0 Å². The Morgan fingerprint density at radius 3 is 2.29 bits per heavy atom. The van der Waals surface area contributed by atoms with E-state index in [0.29, 0.717) is 6.61 Å². The Morgan fingerprint density at radius 2 is 1.58 bits per heavy atom. The number of amides is 1. The van der Waals surface area contributed by atoms with Gasteiger partial charge in [0.2, 0.25) is 0 Å². The minimum absolute atomic E-state index is 0.105. The van der Waals surface area contributed by atoms with Gasteiger partial charge in [0, 0.05) is 38.3 Å². The molecule has 3 aromatic carbocycles. The summed E-state index contributed by atoms with van der Waals surface area (Å²) < 4.78 is 6.79. The van der Waals surface area contributed by atoms with Crippen molar-refractivity contribution in [2.24, 2.45) is 0 Å². The summed E-state index contributed by atoms with van der Waals surface area (Å²) in [4.78, 5) is 17.3. The fraction of sp³-hybridized carbons (Fsp3) is 0.269. The summed E-state index contributed by atoms with van der Waals surface area (Å²) in [5, 5.41) is 0. The van der Waals surface area contributed by atoms with Gasteiger partial charge in [-0.3, -0.25) is 9.69 Å². The van der Waals surface area contributed by atoms with E-state index in [-0.39, 0.29) is 5.91 Å². The molecule has 0 radical (unpaired) electrons. The van der Waals surface area contributed by atoms with Gasteiger partial charge in [-0.25, -0.2) is 0 Å². The molecule has 0 atom stereocenters. The van der Waals surface area contributed by atoms with Crippen LogP contribution in [0.2, 0.25) is 0 Å². The van der Waals surface area contributed by atoms with Gasteiger partial charge in [-0.2, -0.15) is 0 Å². The van der Waals surface area contributed by atoms with Crippen LogP contribution < -0.4 is 4.74 Å². The molecule has 0 unspecified atom stereocenters. The van der Waals surface area contributed by atoms with Crippen LogP contribution in [0.15, 0.2) is 77.3 Å². The quantitative estimate of drug-likeness (QED) is 0.482. The van der Waals surface area contributed by atoms with E-state index in [2.05, 4.69) is 52.0 Å². The van der Waals surface area contributed by atoms with Crippen LogP contribution >= 0.6 is 15.9 Å². The first kappa shape index (κ1) is 21.6. The Balaban J connectivity index is 1.29. The highest BCUT2D eigenvalue weighted by Crippen LogP contribution is 2.24. The number of para-hydroxylation sites is 1. The lowest BCUT2D eigenvalue weighted by atomic mass is 10.1. The Morgan fingerprint density at radius 1 is 0.903 bits per heavy atom. The number of nitrogens with zero attached hydrogens (tertiary/aromatic N) is 2. The summed E-state index contributed by atoms with van der Waals surface area (Å²) in [6.45, 7) is 6.89. The van der Waals surface area contributed by atoms with Gasteiger partial charge in [0.15, 0.2) is 0 Å². The first-order chi connectivity index (χ1) is 15.1. The lowest BCUT2D eigenvalue weighted by Crippen LogP contribution is -2.48. The van der Waals surface area contributed by atoms with Crippen LogP contribution in [-0.2, 0) is 13.2 Å². The van der Waals surface area contributed by atoms with Crippen molar-refractivity contribution < 1.29 is 9.53 Å². The lowest BCUT2D eigenvalue weighted by Gasteiger charge is -2.35. The third-order valence-electron chi connectivity index (χ3n) is 5.75. The van der Waals surface area contributed by atoms with E-state index >= 15 is 0 Å². The lowest BCUT2D eigenvalue weighted by molar-refractivity contribution is 0.0628. The van der Waals surface area contributed by atoms with Crippen LogP contribution in [0.5, 0.6) is 5.75 Å². The molecule has 1 fully saturated rings. The molecule has 0 aromatic heterocycles. The molecule has 0 spiro atoms. The van der Waals surface area contributed by atoms with Gasteiger partial charge in [0.05, 0.1) is 4.47 Å². The number of halogens is 1. The molecule has 0 saturated carbocycles. The molecule has 1 aliphatic heterocycles. The minimum Gasteiger partial charge on any atom is -0.488 e. The van der Waals surface area contributed by atoms with Crippen LogP contribution in [0.25, 0.3) is 0 Å². The molecule has 1 saturated heterocycles. The Labute approximate surface area is 192 Å². The number of benzene rings is 3. The van der Waals surface area contributed by atoms with Gasteiger partial charge in [-0.05, 0) is 63.8 Å². The maximum Gasteiger partial charge on any atom is 0.253 e. The van der Waals surface area contributed by atoms with Crippen molar-refractivity contribution in [2.75, 3.05) is 26.2 Å². The first-order valence-electron chi connectivity index (χ1n) is 10.6. The number of carbonyl (C=O) groups is 1. The molecule has 31 heavy (non-hydrogen) atoms. The number of piperazine rings is 1. The van der Waals surface area contributed by atoms with Crippen molar-refractivity contribution in [3.8, 4) is 5.75 Å². The molecule has 160 valence electrons. The zero-order chi connectivity index (χ0) is 21.6. The SMILES string of the molecule is Cc1ccccc1CN1CCN(C(=O)c2ccc(COc3ccccc3Br)cc2)CC1. The third kappa shape index (κ3) is 5.54. The molecule has 1 heterocycles. The van der Waals surface area contributed by atoms with Gasteiger partial charge in [0.1, 0.15) is 12.4 Å². The Bertz CT molecular complexity index is 1030. The van der Waals surface area contributed by atoms with Crippen LogP contribution in [-0.4, -0.2) is 41.9 Å². The largest absolute Gasteiger partial charge is 0.488 e. The number of rotatable bonds is 6. The molecule has 3 aromatic rings. The van der Waals surface area contributed by atoms with Crippen LogP contribution in [0.1, 0.15) is 27.0 Å². The van der Waals surface area contributed by atoms with Gasteiger partial charge in [0.25, 0.3) is 5.91 Å². The second kappa shape index (κ2) is 10.1. The number of ether oxygens (including phenoxy) is 1. The van der Waals surface area contributed by atoms with E-state index < -0.39 is 0 Å². The second-order valence-corrected chi connectivity index (χ2v) is 8.77. The summed E-state index contributed by atoms with van der Waals surface area (Å²) in [5.74, 6) is 0.917. The molecule has 4 nitrogen and oxygen atoms in total.